The lowest BCUT2D eigenvalue weighted by atomic mass is 10.3. The van der Waals surface area contributed by atoms with Gasteiger partial charge in [0.2, 0.25) is 10.0 Å². The Labute approximate surface area is 115 Å². The average molecular weight is 280 g/mol. The molecule has 0 amide bonds. The lowest BCUT2D eigenvalue weighted by Crippen LogP contribution is -2.26. The van der Waals surface area contributed by atoms with Crippen molar-refractivity contribution in [1.82, 2.24) is 4.72 Å². The standard InChI is InChI=1S/C14H20N2O2S/c1-11(2)9-10-15-13-5-3-4-6-14(13)19(17,18)16-12-7-8-12/h3-6,9,12,15-16H,7-8,10H2,1-2H3. The van der Waals surface area contributed by atoms with Crippen molar-refractivity contribution in [2.75, 3.05) is 11.9 Å². The fourth-order valence-corrected chi connectivity index (χ4v) is 3.19. The number of hydrogen-bond acceptors (Lipinski definition) is 3. The molecule has 1 fully saturated rings. The highest BCUT2D eigenvalue weighted by Gasteiger charge is 2.29. The number of sulfonamides is 1. The van der Waals surface area contributed by atoms with Gasteiger partial charge in [-0.2, -0.15) is 0 Å². The van der Waals surface area contributed by atoms with Crippen molar-refractivity contribution in [3.63, 3.8) is 0 Å². The topological polar surface area (TPSA) is 58.2 Å². The van der Waals surface area contributed by atoms with Gasteiger partial charge in [-0.1, -0.05) is 23.8 Å². The molecule has 2 N–H and O–H groups in total. The minimum absolute atomic E-state index is 0.121. The number of para-hydroxylation sites is 1. The van der Waals surface area contributed by atoms with Gasteiger partial charge in [0.1, 0.15) is 4.90 Å². The van der Waals surface area contributed by atoms with E-state index in [1.165, 1.54) is 5.57 Å². The molecule has 2 rings (SSSR count). The van der Waals surface area contributed by atoms with Crippen molar-refractivity contribution in [2.45, 2.75) is 37.6 Å². The Morgan fingerprint density at radius 3 is 2.63 bits per heavy atom. The summed E-state index contributed by atoms with van der Waals surface area (Å²) in [5, 5.41) is 3.15. The number of benzene rings is 1. The van der Waals surface area contributed by atoms with Crippen LogP contribution in [-0.2, 0) is 10.0 Å². The molecule has 1 aliphatic rings. The van der Waals surface area contributed by atoms with Gasteiger partial charge in [-0.25, -0.2) is 13.1 Å². The molecule has 0 bridgehead atoms. The third-order valence-electron chi connectivity index (χ3n) is 2.88. The normalized spacial score (nSPS) is 15.1. The van der Waals surface area contributed by atoms with Gasteiger partial charge in [-0.3, -0.25) is 0 Å². The molecule has 0 aliphatic heterocycles. The van der Waals surface area contributed by atoms with Gasteiger partial charge in [0.25, 0.3) is 0 Å². The van der Waals surface area contributed by atoms with Crippen molar-refractivity contribution < 1.29 is 8.42 Å². The van der Waals surface area contributed by atoms with Crippen LogP contribution in [0.1, 0.15) is 26.7 Å². The molecule has 19 heavy (non-hydrogen) atoms. The third-order valence-corrected chi connectivity index (χ3v) is 4.46. The second-order valence-corrected chi connectivity index (χ2v) is 6.74. The molecule has 1 aromatic rings. The molecular formula is C14H20N2O2S. The zero-order valence-corrected chi connectivity index (χ0v) is 12.1. The number of rotatable bonds is 6. The Morgan fingerprint density at radius 2 is 2.00 bits per heavy atom. The molecule has 4 nitrogen and oxygen atoms in total. The van der Waals surface area contributed by atoms with E-state index in [4.69, 9.17) is 0 Å². The summed E-state index contributed by atoms with van der Waals surface area (Å²) < 4.78 is 27.2. The smallest absolute Gasteiger partial charge is 0.242 e. The Morgan fingerprint density at radius 1 is 1.32 bits per heavy atom. The maximum atomic E-state index is 12.2. The van der Waals surface area contributed by atoms with Crippen LogP contribution in [0.25, 0.3) is 0 Å². The van der Waals surface area contributed by atoms with Crippen LogP contribution in [0.3, 0.4) is 0 Å². The van der Waals surface area contributed by atoms with Crippen molar-refractivity contribution in [1.29, 1.82) is 0 Å². The van der Waals surface area contributed by atoms with Gasteiger partial charge in [-0.15, -0.1) is 0 Å². The number of anilines is 1. The van der Waals surface area contributed by atoms with E-state index in [1.807, 2.05) is 26.0 Å². The van der Waals surface area contributed by atoms with Gasteiger partial charge in [0, 0.05) is 12.6 Å². The number of nitrogens with one attached hydrogen (secondary N) is 2. The quantitative estimate of drug-likeness (QED) is 0.787. The summed E-state index contributed by atoms with van der Waals surface area (Å²) in [6.45, 7) is 4.65. The summed E-state index contributed by atoms with van der Waals surface area (Å²) in [7, 11) is -3.41. The fourth-order valence-electron chi connectivity index (χ4n) is 1.70. The predicted octanol–water partition coefficient (Wildman–Crippen LogP) is 2.51. The van der Waals surface area contributed by atoms with Crippen LogP contribution in [0.2, 0.25) is 0 Å². The van der Waals surface area contributed by atoms with E-state index >= 15 is 0 Å². The Kier molecular flexibility index (Phi) is 4.27. The van der Waals surface area contributed by atoms with Crippen molar-refractivity contribution in [3.05, 3.63) is 35.9 Å². The highest BCUT2D eigenvalue weighted by Crippen LogP contribution is 2.25. The van der Waals surface area contributed by atoms with E-state index in [9.17, 15) is 8.42 Å². The summed E-state index contributed by atoms with van der Waals surface area (Å²) in [5.41, 5.74) is 1.84. The summed E-state index contributed by atoms with van der Waals surface area (Å²) in [6.07, 6.45) is 3.90. The molecular weight excluding hydrogens is 260 g/mol. The second kappa shape index (κ2) is 5.75. The van der Waals surface area contributed by atoms with Crippen LogP contribution in [0, 0.1) is 0 Å². The first kappa shape index (κ1) is 14.1. The highest BCUT2D eigenvalue weighted by molar-refractivity contribution is 7.89. The van der Waals surface area contributed by atoms with E-state index in [1.54, 1.807) is 18.2 Å². The summed E-state index contributed by atoms with van der Waals surface area (Å²) in [5.74, 6) is 0. The molecule has 0 saturated heterocycles. The van der Waals surface area contributed by atoms with Gasteiger partial charge in [0.15, 0.2) is 0 Å². The van der Waals surface area contributed by atoms with Crippen LogP contribution in [-0.4, -0.2) is 21.0 Å². The van der Waals surface area contributed by atoms with Crippen LogP contribution in [0.15, 0.2) is 40.8 Å². The van der Waals surface area contributed by atoms with Crippen LogP contribution in [0.5, 0.6) is 0 Å². The maximum Gasteiger partial charge on any atom is 0.242 e. The first-order valence-electron chi connectivity index (χ1n) is 6.47. The minimum Gasteiger partial charge on any atom is -0.380 e. The summed E-state index contributed by atoms with van der Waals surface area (Å²) in [6, 6.07) is 7.13. The minimum atomic E-state index is -3.41. The molecule has 5 heteroatoms. The molecule has 0 spiro atoms. The monoisotopic (exact) mass is 280 g/mol. The Hall–Kier alpha value is -1.33. The Balaban J connectivity index is 2.17. The molecule has 0 heterocycles. The molecule has 1 aliphatic carbocycles. The molecule has 104 valence electrons. The van der Waals surface area contributed by atoms with Gasteiger partial charge in [0.05, 0.1) is 5.69 Å². The lowest BCUT2D eigenvalue weighted by Gasteiger charge is -2.12. The fraction of sp³-hybridized carbons (Fsp3) is 0.429. The summed E-state index contributed by atoms with van der Waals surface area (Å²) >= 11 is 0. The maximum absolute atomic E-state index is 12.2. The van der Waals surface area contributed by atoms with Crippen molar-refractivity contribution in [3.8, 4) is 0 Å². The zero-order chi connectivity index (χ0) is 13.9. The SMILES string of the molecule is CC(C)=CCNc1ccccc1S(=O)(=O)NC1CC1. The Bertz CT molecular complexity index is 571. The highest BCUT2D eigenvalue weighted by atomic mass is 32.2. The molecule has 0 atom stereocenters. The number of allylic oxidation sites excluding steroid dienone is 1. The van der Waals surface area contributed by atoms with E-state index in [0.29, 0.717) is 17.1 Å². The lowest BCUT2D eigenvalue weighted by molar-refractivity contribution is 0.581. The van der Waals surface area contributed by atoms with Gasteiger partial charge >= 0.3 is 0 Å². The van der Waals surface area contributed by atoms with Crippen LogP contribution >= 0.6 is 0 Å². The molecule has 0 aromatic heterocycles. The van der Waals surface area contributed by atoms with E-state index in [-0.39, 0.29) is 6.04 Å². The predicted molar refractivity (Wildman–Crippen MR) is 77.7 cm³/mol. The molecule has 1 aromatic carbocycles. The third kappa shape index (κ3) is 4.08. The molecule has 1 saturated carbocycles. The van der Waals surface area contributed by atoms with Crippen molar-refractivity contribution >= 4 is 15.7 Å². The van der Waals surface area contributed by atoms with Crippen LogP contribution < -0.4 is 10.0 Å². The largest absolute Gasteiger partial charge is 0.380 e. The molecule has 0 radical (unpaired) electrons. The van der Waals surface area contributed by atoms with E-state index in [2.05, 4.69) is 10.0 Å². The van der Waals surface area contributed by atoms with Crippen molar-refractivity contribution in [2.24, 2.45) is 0 Å². The second-order valence-electron chi connectivity index (χ2n) is 5.05. The van der Waals surface area contributed by atoms with Gasteiger partial charge in [-0.05, 0) is 38.8 Å². The van der Waals surface area contributed by atoms with Gasteiger partial charge < -0.3 is 5.32 Å². The zero-order valence-electron chi connectivity index (χ0n) is 11.3. The van der Waals surface area contributed by atoms with E-state index < -0.39 is 10.0 Å². The first-order chi connectivity index (χ1) is 8.99. The van der Waals surface area contributed by atoms with E-state index in [0.717, 1.165) is 12.8 Å². The average Bonchev–Trinajstić information content (AvgIpc) is 3.12. The van der Waals surface area contributed by atoms with Crippen LogP contribution in [0.4, 0.5) is 5.69 Å². The summed E-state index contributed by atoms with van der Waals surface area (Å²) in [4.78, 5) is 0.323. The molecule has 0 unspecified atom stereocenters. The number of hydrogen-bond donors (Lipinski definition) is 2. The first-order valence-corrected chi connectivity index (χ1v) is 7.96.